The topological polar surface area (TPSA) is 154 Å². The number of ether oxygens (including phenoxy) is 8. The maximum absolute atomic E-state index is 13.3. The number of hydrogen-bond donors (Lipinski definition) is 1. The van der Waals surface area contributed by atoms with Gasteiger partial charge in [0.15, 0.2) is 25.2 Å². The van der Waals surface area contributed by atoms with Crippen molar-refractivity contribution in [3.63, 3.8) is 0 Å². The number of esters is 4. The average molecular weight is 650 g/mol. The number of carbonyl (C=O) groups excluding carboxylic acids is 4. The summed E-state index contributed by atoms with van der Waals surface area (Å²) in [5, 5.41) is 2.77. The first-order chi connectivity index (χ1) is 21.5. The van der Waals surface area contributed by atoms with E-state index in [2.05, 4.69) is 5.32 Å². The molecule has 6 atom stereocenters. The van der Waals surface area contributed by atoms with Crippen molar-refractivity contribution in [3.05, 3.63) is 0 Å². The van der Waals surface area contributed by atoms with Crippen LogP contribution in [0.5, 0.6) is 0 Å². The minimum Gasteiger partial charge on any atom is -0.436 e. The molecule has 0 spiro atoms. The number of carbonyl (C=O) groups is 4. The fraction of sp³-hybridized carbons (Fsp3) is 0.875. The highest BCUT2D eigenvalue weighted by atomic mass is 16.7. The molecule has 264 valence electrons. The van der Waals surface area contributed by atoms with Crippen molar-refractivity contribution >= 4 is 23.9 Å². The Morgan fingerprint density at radius 2 is 0.733 bits per heavy atom. The molecule has 0 aliphatic heterocycles. The zero-order valence-corrected chi connectivity index (χ0v) is 28.8. The highest BCUT2D eigenvalue weighted by Crippen LogP contribution is 2.12. The Bertz CT molecular complexity index is 747. The predicted molar refractivity (Wildman–Crippen MR) is 166 cm³/mol. The third-order valence-electron chi connectivity index (χ3n) is 6.27. The Kier molecular flexibility index (Phi) is 25.5. The Balaban J connectivity index is 5.86. The van der Waals surface area contributed by atoms with Crippen molar-refractivity contribution in [1.29, 1.82) is 0 Å². The highest BCUT2D eigenvalue weighted by molar-refractivity contribution is 5.86. The molecule has 0 heterocycles. The molecular weight excluding hydrogens is 590 g/mol. The largest absolute Gasteiger partial charge is 0.436 e. The van der Waals surface area contributed by atoms with Crippen molar-refractivity contribution in [1.82, 2.24) is 5.32 Å². The third kappa shape index (κ3) is 22.8. The molecule has 0 aromatic heterocycles. The van der Waals surface area contributed by atoms with Crippen LogP contribution in [-0.2, 0) is 57.1 Å². The van der Waals surface area contributed by atoms with Gasteiger partial charge in [-0.25, -0.2) is 0 Å². The molecule has 0 rings (SSSR count). The van der Waals surface area contributed by atoms with Crippen molar-refractivity contribution in [3.8, 4) is 0 Å². The predicted octanol–water partition coefficient (Wildman–Crippen LogP) is 4.92. The van der Waals surface area contributed by atoms with Crippen LogP contribution < -0.4 is 5.32 Å². The Morgan fingerprint density at radius 1 is 0.467 bits per heavy atom. The monoisotopic (exact) mass is 649 g/mol. The number of rotatable bonds is 28. The molecule has 0 bridgehead atoms. The Labute approximate surface area is 269 Å². The molecule has 0 aliphatic carbocycles. The van der Waals surface area contributed by atoms with Gasteiger partial charge in [-0.05, 0) is 53.4 Å². The SMILES string of the molecule is CCCCOC(C)OC(=O)CC(NC(CC(=O)OC(C)OCCCC)C(=O)OC(C)OCCCC)C(=O)OC(C)OCCCC. The lowest BCUT2D eigenvalue weighted by Gasteiger charge is -2.26. The maximum Gasteiger partial charge on any atom is 0.326 e. The van der Waals surface area contributed by atoms with E-state index in [1.54, 1.807) is 27.7 Å². The first-order valence-corrected chi connectivity index (χ1v) is 16.5. The van der Waals surface area contributed by atoms with E-state index < -0.39 is 74.0 Å². The maximum atomic E-state index is 13.3. The normalized spacial score (nSPS) is 15.3. The van der Waals surface area contributed by atoms with E-state index in [9.17, 15) is 19.2 Å². The quantitative estimate of drug-likeness (QED) is 0.0528. The smallest absolute Gasteiger partial charge is 0.326 e. The Hall–Kier alpha value is -2.32. The Morgan fingerprint density at radius 3 is 1.00 bits per heavy atom. The zero-order valence-electron chi connectivity index (χ0n) is 28.8. The van der Waals surface area contributed by atoms with Crippen LogP contribution >= 0.6 is 0 Å². The zero-order chi connectivity index (χ0) is 34.0. The first kappa shape index (κ1) is 42.7. The van der Waals surface area contributed by atoms with Crippen molar-refractivity contribution < 1.29 is 57.1 Å². The van der Waals surface area contributed by atoms with E-state index in [0.717, 1.165) is 51.4 Å². The van der Waals surface area contributed by atoms with Crippen LogP contribution in [-0.4, -0.2) is 87.5 Å². The van der Waals surface area contributed by atoms with Crippen LogP contribution in [0.15, 0.2) is 0 Å². The summed E-state index contributed by atoms with van der Waals surface area (Å²) in [5.41, 5.74) is 0. The van der Waals surface area contributed by atoms with Gasteiger partial charge in [0.1, 0.15) is 12.1 Å². The molecule has 6 unspecified atom stereocenters. The van der Waals surface area contributed by atoms with Gasteiger partial charge < -0.3 is 37.9 Å². The van der Waals surface area contributed by atoms with Crippen LogP contribution in [0, 0.1) is 0 Å². The first-order valence-electron chi connectivity index (χ1n) is 16.5. The van der Waals surface area contributed by atoms with Crippen LogP contribution in [0.3, 0.4) is 0 Å². The number of unbranched alkanes of at least 4 members (excludes halogenated alkanes) is 4. The molecule has 0 aromatic rings. The summed E-state index contributed by atoms with van der Waals surface area (Å²) < 4.78 is 43.5. The summed E-state index contributed by atoms with van der Waals surface area (Å²) in [6.45, 7) is 15.8. The fourth-order valence-corrected chi connectivity index (χ4v) is 3.67. The van der Waals surface area contributed by atoms with Crippen LogP contribution in [0.1, 0.15) is 120 Å². The molecule has 0 aliphatic rings. The lowest BCUT2D eigenvalue weighted by molar-refractivity contribution is -0.188. The molecule has 0 fully saturated rings. The minimum absolute atomic E-state index is 0.368. The molecule has 1 N–H and O–H groups in total. The van der Waals surface area contributed by atoms with Gasteiger partial charge in [-0.2, -0.15) is 0 Å². The van der Waals surface area contributed by atoms with Gasteiger partial charge in [0.2, 0.25) is 0 Å². The van der Waals surface area contributed by atoms with Gasteiger partial charge in [0.25, 0.3) is 0 Å². The van der Waals surface area contributed by atoms with Crippen LogP contribution in [0.25, 0.3) is 0 Å². The lowest BCUT2D eigenvalue weighted by Crippen LogP contribution is -2.51. The molecule has 45 heavy (non-hydrogen) atoms. The van der Waals surface area contributed by atoms with Gasteiger partial charge in [-0.3, -0.25) is 24.5 Å². The van der Waals surface area contributed by atoms with Gasteiger partial charge in [-0.15, -0.1) is 0 Å². The van der Waals surface area contributed by atoms with Crippen LogP contribution in [0.4, 0.5) is 0 Å². The second-order valence-corrected chi connectivity index (χ2v) is 10.7. The lowest BCUT2D eigenvalue weighted by atomic mass is 10.1. The molecule has 13 heteroatoms. The second kappa shape index (κ2) is 26.9. The average Bonchev–Trinajstić information content (AvgIpc) is 2.96. The summed E-state index contributed by atoms with van der Waals surface area (Å²) in [4.78, 5) is 52.2. The van der Waals surface area contributed by atoms with E-state index in [0.29, 0.717) is 26.4 Å². The molecule has 0 amide bonds. The minimum atomic E-state index is -1.41. The summed E-state index contributed by atoms with van der Waals surface area (Å²) in [6.07, 6.45) is 2.07. The molecular formula is C32H59NO12. The van der Waals surface area contributed by atoms with E-state index in [1.807, 2.05) is 27.7 Å². The summed E-state index contributed by atoms with van der Waals surface area (Å²) >= 11 is 0. The molecule has 0 saturated heterocycles. The van der Waals surface area contributed by atoms with E-state index in [4.69, 9.17) is 37.9 Å². The number of hydrogen-bond acceptors (Lipinski definition) is 13. The van der Waals surface area contributed by atoms with Crippen molar-refractivity contribution in [2.75, 3.05) is 26.4 Å². The highest BCUT2D eigenvalue weighted by Gasteiger charge is 2.34. The van der Waals surface area contributed by atoms with E-state index >= 15 is 0 Å². The molecule has 0 radical (unpaired) electrons. The second-order valence-electron chi connectivity index (χ2n) is 10.7. The molecule has 0 aromatic carbocycles. The van der Waals surface area contributed by atoms with Crippen molar-refractivity contribution in [2.24, 2.45) is 0 Å². The van der Waals surface area contributed by atoms with Gasteiger partial charge in [-0.1, -0.05) is 53.4 Å². The van der Waals surface area contributed by atoms with E-state index in [1.165, 1.54) is 0 Å². The fourth-order valence-electron chi connectivity index (χ4n) is 3.67. The van der Waals surface area contributed by atoms with Gasteiger partial charge in [0, 0.05) is 0 Å². The summed E-state index contributed by atoms with van der Waals surface area (Å²) in [6, 6.07) is -2.81. The van der Waals surface area contributed by atoms with Gasteiger partial charge >= 0.3 is 23.9 Å². The van der Waals surface area contributed by atoms with E-state index in [-0.39, 0.29) is 0 Å². The molecule has 13 nitrogen and oxygen atoms in total. The summed E-state index contributed by atoms with van der Waals surface area (Å²) in [5.74, 6) is -3.33. The summed E-state index contributed by atoms with van der Waals surface area (Å²) in [7, 11) is 0. The van der Waals surface area contributed by atoms with Gasteiger partial charge in [0.05, 0.1) is 39.3 Å². The number of nitrogens with one attached hydrogen (secondary N) is 1. The standard InChI is InChI=1S/C32H59NO12/c1-9-13-17-38-23(5)42-29(34)21-27(31(36)44-25(7)40-19-15-11-3)33-28(32(37)45-26(8)41-20-16-12-4)22-30(35)43-24(6)39-18-14-10-2/h23-28,33H,9-22H2,1-8H3. The third-order valence-corrected chi connectivity index (χ3v) is 6.27. The van der Waals surface area contributed by atoms with Crippen molar-refractivity contribution in [2.45, 2.75) is 157 Å². The van der Waals surface area contributed by atoms with Crippen LogP contribution in [0.2, 0.25) is 0 Å². The molecule has 0 saturated carbocycles.